The number of carbonyl (C=O) groups excluding carboxylic acids is 3. The van der Waals surface area contributed by atoms with Crippen molar-refractivity contribution in [2.24, 2.45) is 5.92 Å². The Labute approximate surface area is 187 Å². The standard InChI is InChI=1S/C25H28FN3O3/c1-3-18-4-7-21(8-5-18)29-16-20(15-24(29)31)25(32)28-12-10-27(11-13-28)23-9-6-19(17(2)30)14-22(23)26/h4-9,14,20H,3,10-13,15-16H2,1-2H3. The Balaban J connectivity index is 1.36. The first-order valence-corrected chi connectivity index (χ1v) is 11.1. The van der Waals surface area contributed by atoms with Gasteiger partial charge in [-0.15, -0.1) is 0 Å². The highest BCUT2D eigenvalue weighted by atomic mass is 19.1. The number of Topliss-reactive ketones (excluding diaryl/α,β-unsaturated/α-hetero) is 1. The first kappa shape index (κ1) is 22.0. The van der Waals surface area contributed by atoms with Crippen LogP contribution in [0.25, 0.3) is 0 Å². The van der Waals surface area contributed by atoms with Crippen molar-refractivity contribution in [1.29, 1.82) is 0 Å². The maximum absolute atomic E-state index is 14.5. The van der Waals surface area contributed by atoms with Crippen LogP contribution < -0.4 is 9.80 Å². The van der Waals surface area contributed by atoms with Crippen LogP contribution in [0, 0.1) is 11.7 Å². The summed E-state index contributed by atoms with van der Waals surface area (Å²) < 4.78 is 14.5. The van der Waals surface area contributed by atoms with E-state index in [2.05, 4.69) is 6.92 Å². The minimum Gasteiger partial charge on any atom is -0.366 e. The van der Waals surface area contributed by atoms with E-state index in [1.54, 1.807) is 21.9 Å². The summed E-state index contributed by atoms with van der Waals surface area (Å²) in [6.45, 7) is 5.85. The van der Waals surface area contributed by atoms with Crippen LogP contribution in [0.1, 0.15) is 36.2 Å². The SMILES string of the molecule is CCc1ccc(N2CC(C(=O)N3CCN(c4ccc(C(C)=O)cc4F)CC3)CC2=O)cc1. The molecule has 2 heterocycles. The first-order chi connectivity index (χ1) is 15.4. The minimum atomic E-state index is -0.427. The molecule has 0 aromatic heterocycles. The highest BCUT2D eigenvalue weighted by Crippen LogP contribution is 2.28. The molecule has 2 aliphatic heterocycles. The number of aryl methyl sites for hydroxylation is 1. The zero-order valence-electron chi connectivity index (χ0n) is 18.5. The number of amides is 2. The lowest BCUT2D eigenvalue weighted by Gasteiger charge is -2.37. The van der Waals surface area contributed by atoms with Crippen molar-refractivity contribution in [2.45, 2.75) is 26.7 Å². The van der Waals surface area contributed by atoms with Gasteiger partial charge in [0.1, 0.15) is 5.82 Å². The summed E-state index contributed by atoms with van der Waals surface area (Å²) in [4.78, 5) is 42.4. The zero-order valence-corrected chi connectivity index (χ0v) is 18.5. The summed E-state index contributed by atoms with van der Waals surface area (Å²) in [5, 5.41) is 0. The zero-order chi connectivity index (χ0) is 22.8. The molecule has 2 amide bonds. The highest BCUT2D eigenvalue weighted by Gasteiger charge is 2.38. The van der Waals surface area contributed by atoms with Gasteiger partial charge in [-0.05, 0) is 49.2 Å². The van der Waals surface area contributed by atoms with E-state index in [1.807, 2.05) is 29.2 Å². The van der Waals surface area contributed by atoms with Gasteiger partial charge in [0.05, 0.1) is 11.6 Å². The molecular weight excluding hydrogens is 409 g/mol. The van der Waals surface area contributed by atoms with Crippen LogP contribution in [0.15, 0.2) is 42.5 Å². The molecule has 7 heteroatoms. The number of nitrogens with zero attached hydrogens (tertiary/aromatic N) is 3. The molecule has 2 aromatic rings. The van der Waals surface area contributed by atoms with Gasteiger partial charge in [-0.25, -0.2) is 4.39 Å². The number of carbonyl (C=O) groups is 3. The number of rotatable bonds is 5. The second-order valence-corrected chi connectivity index (χ2v) is 8.46. The van der Waals surface area contributed by atoms with Crippen molar-refractivity contribution in [1.82, 2.24) is 4.90 Å². The Morgan fingerprint density at radius 1 is 1.03 bits per heavy atom. The molecule has 0 bridgehead atoms. The molecule has 0 N–H and O–H groups in total. The van der Waals surface area contributed by atoms with Gasteiger partial charge in [0, 0.05) is 50.4 Å². The van der Waals surface area contributed by atoms with Crippen molar-refractivity contribution in [2.75, 3.05) is 42.5 Å². The molecule has 0 saturated carbocycles. The molecule has 4 rings (SSSR count). The van der Waals surface area contributed by atoms with Gasteiger partial charge in [0.25, 0.3) is 0 Å². The molecule has 0 spiro atoms. The van der Waals surface area contributed by atoms with E-state index in [0.29, 0.717) is 44.0 Å². The van der Waals surface area contributed by atoms with Crippen LogP contribution in [0.3, 0.4) is 0 Å². The number of hydrogen-bond acceptors (Lipinski definition) is 4. The van der Waals surface area contributed by atoms with Gasteiger partial charge >= 0.3 is 0 Å². The fourth-order valence-corrected chi connectivity index (χ4v) is 4.44. The number of hydrogen-bond donors (Lipinski definition) is 0. The molecule has 2 saturated heterocycles. The Kier molecular flexibility index (Phi) is 6.26. The first-order valence-electron chi connectivity index (χ1n) is 11.1. The Morgan fingerprint density at radius 3 is 2.31 bits per heavy atom. The smallest absolute Gasteiger partial charge is 0.228 e. The molecule has 6 nitrogen and oxygen atoms in total. The maximum Gasteiger partial charge on any atom is 0.228 e. The van der Waals surface area contributed by atoms with Crippen LogP contribution in [-0.4, -0.2) is 55.2 Å². The Hall–Kier alpha value is -3.22. The van der Waals surface area contributed by atoms with Gasteiger partial charge in [-0.1, -0.05) is 19.1 Å². The molecule has 0 radical (unpaired) electrons. The average molecular weight is 438 g/mol. The van der Waals surface area contributed by atoms with Crippen molar-refractivity contribution in [3.63, 3.8) is 0 Å². The number of halogens is 1. The summed E-state index contributed by atoms with van der Waals surface area (Å²) in [7, 11) is 0. The molecule has 32 heavy (non-hydrogen) atoms. The van der Waals surface area contributed by atoms with Crippen LogP contribution in [0.5, 0.6) is 0 Å². The quantitative estimate of drug-likeness (QED) is 0.674. The summed E-state index contributed by atoms with van der Waals surface area (Å²) in [5.74, 6) is -1.00. The average Bonchev–Trinajstić information content (AvgIpc) is 3.20. The normalized spacial score (nSPS) is 18.9. The van der Waals surface area contributed by atoms with Crippen molar-refractivity contribution < 1.29 is 18.8 Å². The Morgan fingerprint density at radius 2 is 1.72 bits per heavy atom. The van der Waals surface area contributed by atoms with Crippen LogP contribution in [0.4, 0.5) is 15.8 Å². The Bertz CT molecular complexity index is 1030. The molecule has 168 valence electrons. The van der Waals surface area contributed by atoms with Gasteiger partial charge in [-0.3, -0.25) is 14.4 Å². The molecule has 1 atom stereocenters. The van der Waals surface area contributed by atoms with Crippen LogP contribution >= 0.6 is 0 Å². The van der Waals surface area contributed by atoms with E-state index in [4.69, 9.17) is 0 Å². The van der Waals surface area contributed by atoms with E-state index in [-0.39, 0.29) is 29.9 Å². The third-order valence-corrected chi connectivity index (χ3v) is 6.42. The fourth-order valence-electron chi connectivity index (χ4n) is 4.44. The lowest BCUT2D eigenvalue weighted by molar-refractivity contribution is -0.136. The predicted molar refractivity (Wildman–Crippen MR) is 121 cm³/mol. The van der Waals surface area contributed by atoms with Crippen molar-refractivity contribution >= 4 is 29.0 Å². The van der Waals surface area contributed by atoms with E-state index < -0.39 is 5.82 Å². The van der Waals surface area contributed by atoms with Gasteiger partial charge in [-0.2, -0.15) is 0 Å². The van der Waals surface area contributed by atoms with Gasteiger partial charge < -0.3 is 14.7 Å². The molecule has 1 unspecified atom stereocenters. The molecule has 2 aromatic carbocycles. The van der Waals surface area contributed by atoms with Crippen LogP contribution in [-0.2, 0) is 16.0 Å². The van der Waals surface area contributed by atoms with Crippen molar-refractivity contribution in [3.8, 4) is 0 Å². The number of anilines is 2. The number of benzene rings is 2. The summed E-state index contributed by atoms with van der Waals surface area (Å²) >= 11 is 0. The van der Waals surface area contributed by atoms with Gasteiger partial charge in [0.15, 0.2) is 5.78 Å². The van der Waals surface area contributed by atoms with Crippen LogP contribution in [0.2, 0.25) is 0 Å². The largest absolute Gasteiger partial charge is 0.366 e. The van der Waals surface area contributed by atoms with E-state index in [1.165, 1.54) is 18.6 Å². The fraction of sp³-hybridized carbons (Fsp3) is 0.400. The minimum absolute atomic E-state index is 0.0157. The molecule has 2 fully saturated rings. The summed E-state index contributed by atoms with van der Waals surface area (Å²) in [6.07, 6.45) is 1.15. The second-order valence-electron chi connectivity index (χ2n) is 8.46. The number of piperazine rings is 1. The maximum atomic E-state index is 14.5. The van der Waals surface area contributed by atoms with Crippen molar-refractivity contribution in [3.05, 3.63) is 59.4 Å². The topological polar surface area (TPSA) is 60.9 Å². The van der Waals surface area contributed by atoms with E-state index in [0.717, 1.165) is 12.1 Å². The predicted octanol–water partition coefficient (Wildman–Crippen LogP) is 3.29. The third-order valence-electron chi connectivity index (χ3n) is 6.42. The van der Waals surface area contributed by atoms with E-state index in [9.17, 15) is 18.8 Å². The molecule has 2 aliphatic rings. The summed E-state index contributed by atoms with van der Waals surface area (Å²) in [6, 6.07) is 12.4. The lowest BCUT2D eigenvalue weighted by Crippen LogP contribution is -2.51. The molecule has 0 aliphatic carbocycles. The highest BCUT2D eigenvalue weighted by molar-refractivity contribution is 6.00. The summed E-state index contributed by atoms with van der Waals surface area (Å²) in [5.41, 5.74) is 2.83. The monoisotopic (exact) mass is 437 g/mol. The third kappa shape index (κ3) is 4.38. The number of ketones is 1. The van der Waals surface area contributed by atoms with Gasteiger partial charge in [0.2, 0.25) is 11.8 Å². The second kappa shape index (κ2) is 9.10. The lowest BCUT2D eigenvalue weighted by atomic mass is 10.1. The molecular formula is C25H28FN3O3. The van der Waals surface area contributed by atoms with E-state index >= 15 is 0 Å².